The minimum absolute atomic E-state index is 0. The Morgan fingerprint density at radius 3 is 2.38 bits per heavy atom. The summed E-state index contributed by atoms with van der Waals surface area (Å²) in [7, 11) is 0. The fourth-order valence-electron chi connectivity index (χ4n) is 1.38. The molecule has 1 aromatic carbocycles. The molecule has 0 spiro atoms. The molecule has 1 amide bonds. The molecule has 21 heavy (non-hydrogen) atoms. The Morgan fingerprint density at radius 1 is 1.38 bits per heavy atom. The number of nitrogens with one attached hydrogen (secondary N) is 1. The molecule has 0 aromatic heterocycles. The minimum Gasteiger partial charge on any atom is -0.433 e. The lowest BCUT2D eigenvalue weighted by atomic mass is 9.87. The Kier molecular flexibility index (Phi) is 7.36. The van der Waals surface area contributed by atoms with Crippen LogP contribution in [-0.2, 0) is 4.79 Å². The number of alkyl halides is 2. The topological polar surface area (TPSA) is 64.4 Å². The number of nitrogens with two attached hydrogens (primary N) is 1. The molecular weight excluding hydrogens is 325 g/mol. The highest BCUT2D eigenvalue weighted by molar-refractivity contribution is 6.32. The molecule has 0 saturated heterocycles. The van der Waals surface area contributed by atoms with Crippen LogP contribution in [0, 0.1) is 5.41 Å². The molecule has 0 unspecified atom stereocenters. The predicted octanol–water partition coefficient (Wildman–Crippen LogP) is 3.68. The quantitative estimate of drug-likeness (QED) is 0.877. The normalized spacial score (nSPS) is 12.6. The number of ether oxygens (including phenoxy) is 1. The van der Waals surface area contributed by atoms with E-state index in [9.17, 15) is 13.6 Å². The van der Waals surface area contributed by atoms with Crippen molar-refractivity contribution >= 4 is 35.6 Å². The van der Waals surface area contributed by atoms with Gasteiger partial charge in [-0.05, 0) is 23.6 Å². The van der Waals surface area contributed by atoms with Crippen LogP contribution in [0.1, 0.15) is 20.8 Å². The summed E-state index contributed by atoms with van der Waals surface area (Å²) in [5, 5.41) is 2.56. The highest BCUT2D eigenvalue weighted by Gasteiger charge is 2.27. The second-order valence-corrected chi connectivity index (χ2v) is 5.76. The van der Waals surface area contributed by atoms with Crippen molar-refractivity contribution in [3.63, 3.8) is 0 Å². The first-order valence-electron chi connectivity index (χ1n) is 5.92. The average molecular weight is 343 g/mol. The van der Waals surface area contributed by atoms with Crippen molar-refractivity contribution in [1.29, 1.82) is 0 Å². The molecule has 0 aliphatic heterocycles. The number of amides is 1. The maximum atomic E-state index is 12.1. The summed E-state index contributed by atoms with van der Waals surface area (Å²) in [5.74, 6) is -0.532. The number of anilines is 1. The molecule has 0 heterocycles. The SMILES string of the molecule is CC(C)(C)[C@H](N)C(=O)Nc1ccc(OC(F)F)c(Cl)c1.Cl. The first-order chi connectivity index (χ1) is 9.11. The second kappa shape index (κ2) is 7.77. The highest BCUT2D eigenvalue weighted by atomic mass is 35.5. The molecule has 4 nitrogen and oxygen atoms in total. The number of carbonyl (C=O) groups is 1. The molecule has 0 fully saturated rings. The van der Waals surface area contributed by atoms with Gasteiger partial charge in [-0.15, -0.1) is 12.4 Å². The zero-order chi connectivity index (χ0) is 15.5. The van der Waals surface area contributed by atoms with E-state index < -0.39 is 18.1 Å². The van der Waals surface area contributed by atoms with Gasteiger partial charge in [0.1, 0.15) is 5.75 Å². The third-order valence-corrected chi connectivity index (χ3v) is 2.93. The van der Waals surface area contributed by atoms with Crippen molar-refractivity contribution in [3.05, 3.63) is 23.2 Å². The van der Waals surface area contributed by atoms with Crippen LogP contribution in [0.25, 0.3) is 0 Å². The minimum atomic E-state index is -2.96. The van der Waals surface area contributed by atoms with E-state index in [0.717, 1.165) is 0 Å². The van der Waals surface area contributed by atoms with E-state index in [1.165, 1.54) is 18.2 Å². The molecule has 3 N–H and O–H groups in total. The molecule has 8 heteroatoms. The van der Waals surface area contributed by atoms with Crippen LogP contribution in [0.2, 0.25) is 5.02 Å². The van der Waals surface area contributed by atoms with Crippen molar-refractivity contribution < 1.29 is 18.3 Å². The van der Waals surface area contributed by atoms with E-state index in [1.807, 2.05) is 20.8 Å². The molecule has 0 aliphatic carbocycles. The molecule has 0 saturated carbocycles. The summed E-state index contributed by atoms with van der Waals surface area (Å²) < 4.78 is 28.4. The van der Waals surface area contributed by atoms with Gasteiger partial charge in [-0.3, -0.25) is 4.79 Å². The standard InChI is InChI=1S/C13H17ClF2N2O2.ClH/c1-13(2,3)10(17)11(19)18-7-4-5-9(8(14)6-7)20-12(15)16;/h4-6,10,12H,17H2,1-3H3,(H,18,19);1H/t10-;/m1./s1. The lowest BCUT2D eigenvalue weighted by molar-refractivity contribution is -0.119. The number of benzene rings is 1. The van der Waals surface area contributed by atoms with E-state index in [1.54, 1.807) is 0 Å². The highest BCUT2D eigenvalue weighted by Crippen LogP contribution is 2.29. The van der Waals surface area contributed by atoms with Crippen molar-refractivity contribution in [1.82, 2.24) is 0 Å². The maximum absolute atomic E-state index is 12.1. The summed E-state index contributed by atoms with van der Waals surface area (Å²) in [5.41, 5.74) is 5.77. The second-order valence-electron chi connectivity index (χ2n) is 5.36. The lowest BCUT2D eigenvalue weighted by Crippen LogP contribution is -2.45. The van der Waals surface area contributed by atoms with E-state index in [4.69, 9.17) is 17.3 Å². The van der Waals surface area contributed by atoms with Crippen molar-refractivity contribution in [2.75, 3.05) is 5.32 Å². The fraction of sp³-hybridized carbons (Fsp3) is 0.462. The number of rotatable bonds is 4. The number of hydrogen-bond acceptors (Lipinski definition) is 3. The fourth-order valence-corrected chi connectivity index (χ4v) is 1.61. The summed E-state index contributed by atoms with van der Waals surface area (Å²) in [6, 6.07) is 3.29. The van der Waals surface area contributed by atoms with Gasteiger partial charge in [0.05, 0.1) is 11.1 Å². The number of carbonyl (C=O) groups excluding carboxylic acids is 1. The van der Waals surface area contributed by atoms with Crippen LogP contribution >= 0.6 is 24.0 Å². The van der Waals surface area contributed by atoms with Crippen LogP contribution in [0.4, 0.5) is 14.5 Å². The van der Waals surface area contributed by atoms with Gasteiger partial charge in [-0.1, -0.05) is 32.4 Å². The summed E-state index contributed by atoms with van der Waals surface area (Å²) >= 11 is 5.79. The van der Waals surface area contributed by atoms with Crippen LogP contribution in [0.15, 0.2) is 18.2 Å². The van der Waals surface area contributed by atoms with E-state index >= 15 is 0 Å². The molecule has 0 radical (unpaired) electrons. The van der Waals surface area contributed by atoms with Crippen LogP contribution in [-0.4, -0.2) is 18.6 Å². The Labute approximate surface area is 133 Å². The Bertz CT molecular complexity index is 494. The smallest absolute Gasteiger partial charge is 0.387 e. The van der Waals surface area contributed by atoms with Gasteiger partial charge in [0.2, 0.25) is 5.91 Å². The van der Waals surface area contributed by atoms with Gasteiger partial charge >= 0.3 is 6.61 Å². The number of halogens is 4. The van der Waals surface area contributed by atoms with Crippen molar-refractivity contribution in [2.24, 2.45) is 11.1 Å². The average Bonchev–Trinajstić information content (AvgIpc) is 2.30. The van der Waals surface area contributed by atoms with E-state index in [-0.39, 0.29) is 29.1 Å². The summed E-state index contributed by atoms with van der Waals surface area (Å²) in [6.45, 7) is 2.56. The monoisotopic (exact) mass is 342 g/mol. The molecule has 1 rings (SSSR count). The first kappa shape index (κ1) is 19.9. The Hall–Kier alpha value is -1.11. The van der Waals surface area contributed by atoms with Gasteiger partial charge in [0, 0.05) is 5.69 Å². The lowest BCUT2D eigenvalue weighted by Gasteiger charge is -2.25. The zero-order valence-electron chi connectivity index (χ0n) is 11.8. The van der Waals surface area contributed by atoms with Crippen molar-refractivity contribution in [2.45, 2.75) is 33.4 Å². The van der Waals surface area contributed by atoms with Gasteiger partial charge in [0.15, 0.2) is 0 Å². The third kappa shape index (κ3) is 6.03. The van der Waals surface area contributed by atoms with Gasteiger partial charge < -0.3 is 15.8 Å². The third-order valence-electron chi connectivity index (χ3n) is 2.63. The Balaban J connectivity index is 0.00000400. The van der Waals surface area contributed by atoms with Crippen LogP contribution in [0.3, 0.4) is 0 Å². The molecule has 0 aliphatic rings. The van der Waals surface area contributed by atoms with Crippen LogP contribution in [0.5, 0.6) is 5.75 Å². The predicted molar refractivity (Wildman–Crippen MR) is 81.4 cm³/mol. The maximum Gasteiger partial charge on any atom is 0.387 e. The van der Waals surface area contributed by atoms with Crippen molar-refractivity contribution in [3.8, 4) is 5.75 Å². The largest absolute Gasteiger partial charge is 0.433 e. The number of hydrogen-bond donors (Lipinski definition) is 2. The zero-order valence-corrected chi connectivity index (χ0v) is 13.4. The van der Waals surface area contributed by atoms with E-state index in [2.05, 4.69) is 10.1 Å². The summed E-state index contributed by atoms with van der Waals surface area (Å²) in [4.78, 5) is 11.9. The van der Waals surface area contributed by atoms with Gasteiger partial charge in [-0.2, -0.15) is 8.78 Å². The Morgan fingerprint density at radius 2 is 1.95 bits per heavy atom. The molecule has 1 atom stereocenters. The molecular formula is C13H18Cl2F2N2O2. The molecule has 120 valence electrons. The molecule has 1 aromatic rings. The van der Waals surface area contributed by atoms with E-state index in [0.29, 0.717) is 5.69 Å². The summed E-state index contributed by atoms with van der Waals surface area (Å²) in [6.07, 6.45) is 0. The van der Waals surface area contributed by atoms with Crippen LogP contribution < -0.4 is 15.8 Å². The first-order valence-corrected chi connectivity index (χ1v) is 6.30. The van der Waals surface area contributed by atoms with Gasteiger partial charge in [-0.25, -0.2) is 0 Å². The van der Waals surface area contributed by atoms with Gasteiger partial charge in [0.25, 0.3) is 0 Å². The molecule has 0 bridgehead atoms.